The molecule has 1 aliphatic carbocycles. The van der Waals surface area contributed by atoms with Crippen molar-refractivity contribution < 1.29 is 9.59 Å². The normalized spacial score (nSPS) is 23.5. The van der Waals surface area contributed by atoms with E-state index < -0.39 is 5.54 Å². The molecule has 0 radical (unpaired) electrons. The third-order valence-corrected chi connectivity index (χ3v) is 5.36. The Morgan fingerprint density at radius 3 is 2.35 bits per heavy atom. The number of hydrogen-bond acceptors (Lipinski definition) is 4. The van der Waals surface area contributed by atoms with E-state index in [1.54, 1.807) is 7.05 Å². The highest BCUT2D eigenvalue weighted by molar-refractivity contribution is 5.82. The van der Waals surface area contributed by atoms with Gasteiger partial charge in [-0.3, -0.25) is 14.5 Å². The quantitative estimate of drug-likeness (QED) is 0.814. The molecule has 6 nitrogen and oxygen atoms in total. The van der Waals surface area contributed by atoms with Crippen LogP contribution in [0.15, 0.2) is 0 Å². The molecule has 128 valence electrons. The minimum absolute atomic E-state index is 0.0512. The van der Waals surface area contributed by atoms with E-state index in [2.05, 4.69) is 21.6 Å². The molecule has 1 atom stereocenters. The molecular weight excluding hydrogens is 292 g/mol. The minimum Gasteiger partial charge on any atom is -0.359 e. The van der Waals surface area contributed by atoms with Crippen molar-refractivity contribution in [2.75, 3.05) is 20.1 Å². The van der Waals surface area contributed by atoms with Gasteiger partial charge in [0.15, 0.2) is 0 Å². The van der Waals surface area contributed by atoms with Crippen LogP contribution in [0.5, 0.6) is 0 Å². The fraction of sp³-hybridized carbons (Fsp3) is 0.824. The molecular formula is C17H28N4O2. The summed E-state index contributed by atoms with van der Waals surface area (Å²) in [5.74, 6) is 0.0783. The first kappa shape index (κ1) is 17.7. The van der Waals surface area contributed by atoms with Gasteiger partial charge in [-0.25, -0.2) is 0 Å². The highest BCUT2D eigenvalue weighted by Gasteiger charge is 2.36. The SMILES string of the molecule is CNC(=O)C1CCN(C(C)C(=O)NC2(C#N)CCCCC2)CC1. The van der Waals surface area contributed by atoms with Gasteiger partial charge in [0.05, 0.1) is 12.1 Å². The number of likely N-dealkylation sites (tertiary alicyclic amines) is 1. The second kappa shape index (κ2) is 7.78. The van der Waals surface area contributed by atoms with E-state index in [1.807, 2.05) is 6.92 Å². The van der Waals surface area contributed by atoms with E-state index in [0.717, 1.165) is 58.0 Å². The van der Waals surface area contributed by atoms with Crippen LogP contribution in [0.4, 0.5) is 0 Å². The molecule has 0 spiro atoms. The summed E-state index contributed by atoms with van der Waals surface area (Å²) in [7, 11) is 1.66. The van der Waals surface area contributed by atoms with Crippen molar-refractivity contribution in [2.45, 2.75) is 63.5 Å². The molecule has 1 saturated carbocycles. The fourth-order valence-corrected chi connectivity index (χ4v) is 3.68. The second-order valence-corrected chi connectivity index (χ2v) is 6.84. The largest absolute Gasteiger partial charge is 0.359 e. The smallest absolute Gasteiger partial charge is 0.238 e. The molecule has 2 N–H and O–H groups in total. The van der Waals surface area contributed by atoms with Gasteiger partial charge in [0.1, 0.15) is 5.54 Å². The van der Waals surface area contributed by atoms with Crippen LogP contribution in [-0.4, -0.2) is 48.4 Å². The second-order valence-electron chi connectivity index (χ2n) is 6.84. The first-order chi connectivity index (χ1) is 11.0. The number of nitrogens with zero attached hydrogens (tertiary/aromatic N) is 2. The topological polar surface area (TPSA) is 85.2 Å². The van der Waals surface area contributed by atoms with E-state index in [9.17, 15) is 14.9 Å². The van der Waals surface area contributed by atoms with Crippen LogP contribution in [0.2, 0.25) is 0 Å². The number of carbonyl (C=O) groups is 2. The Kier molecular flexibility index (Phi) is 6.00. The molecule has 2 amide bonds. The Bertz CT molecular complexity index is 471. The standard InChI is InChI=1S/C17H28N4O2/c1-13(21-10-6-14(7-11-21)16(23)19-2)15(22)20-17(12-18)8-4-3-5-9-17/h13-14H,3-11H2,1-2H3,(H,19,23)(H,20,22). The average Bonchev–Trinajstić information content (AvgIpc) is 2.61. The maximum atomic E-state index is 12.6. The number of hydrogen-bond donors (Lipinski definition) is 2. The van der Waals surface area contributed by atoms with Gasteiger partial charge in [0.2, 0.25) is 11.8 Å². The number of nitrogens with one attached hydrogen (secondary N) is 2. The van der Waals surface area contributed by atoms with Crippen LogP contribution in [-0.2, 0) is 9.59 Å². The van der Waals surface area contributed by atoms with Gasteiger partial charge >= 0.3 is 0 Å². The van der Waals surface area contributed by atoms with Gasteiger partial charge in [-0.2, -0.15) is 5.26 Å². The van der Waals surface area contributed by atoms with Crippen LogP contribution in [0.25, 0.3) is 0 Å². The monoisotopic (exact) mass is 320 g/mol. The molecule has 23 heavy (non-hydrogen) atoms. The molecule has 0 bridgehead atoms. The Balaban J connectivity index is 1.88. The maximum absolute atomic E-state index is 12.6. The van der Waals surface area contributed by atoms with Crippen LogP contribution in [0.1, 0.15) is 51.9 Å². The summed E-state index contributed by atoms with van der Waals surface area (Å²) in [5.41, 5.74) is -0.677. The Labute approximate surface area is 138 Å². The van der Waals surface area contributed by atoms with E-state index in [0.29, 0.717) is 0 Å². The molecule has 1 saturated heterocycles. The van der Waals surface area contributed by atoms with Crippen LogP contribution < -0.4 is 10.6 Å². The summed E-state index contributed by atoms with van der Waals surface area (Å²) in [5, 5.41) is 15.2. The number of carbonyl (C=O) groups excluding carboxylic acids is 2. The maximum Gasteiger partial charge on any atom is 0.238 e. The highest BCUT2D eigenvalue weighted by Crippen LogP contribution is 2.28. The first-order valence-corrected chi connectivity index (χ1v) is 8.70. The summed E-state index contributed by atoms with van der Waals surface area (Å²) in [6, 6.07) is 2.08. The van der Waals surface area contributed by atoms with Crippen molar-refractivity contribution in [1.82, 2.24) is 15.5 Å². The number of piperidine rings is 1. The third-order valence-electron chi connectivity index (χ3n) is 5.36. The van der Waals surface area contributed by atoms with Crippen LogP contribution in [0.3, 0.4) is 0 Å². The van der Waals surface area contributed by atoms with Crippen molar-refractivity contribution >= 4 is 11.8 Å². The van der Waals surface area contributed by atoms with Gasteiger partial charge in [0.25, 0.3) is 0 Å². The lowest BCUT2D eigenvalue weighted by atomic mass is 9.82. The zero-order valence-corrected chi connectivity index (χ0v) is 14.2. The predicted molar refractivity (Wildman–Crippen MR) is 87.4 cm³/mol. The number of rotatable bonds is 4. The molecule has 2 fully saturated rings. The minimum atomic E-state index is -0.677. The van der Waals surface area contributed by atoms with Gasteiger partial charge in [-0.05, 0) is 45.7 Å². The van der Waals surface area contributed by atoms with Crippen molar-refractivity contribution in [3.63, 3.8) is 0 Å². The Hall–Kier alpha value is -1.61. The third kappa shape index (κ3) is 4.23. The summed E-state index contributed by atoms with van der Waals surface area (Å²) < 4.78 is 0. The van der Waals surface area contributed by atoms with E-state index >= 15 is 0 Å². The molecule has 0 aromatic carbocycles. The number of amides is 2. The Morgan fingerprint density at radius 1 is 1.22 bits per heavy atom. The van der Waals surface area contributed by atoms with E-state index in [4.69, 9.17) is 0 Å². The lowest BCUT2D eigenvalue weighted by molar-refractivity contribution is -0.129. The van der Waals surface area contributed by atoms with Crippen molar-refractivity contribution in [3.05, 3.63) is 0 Å². The van der Waals surface area contributed by atoms with Crippen molar-refractivity contribution in [3.8, 4) is 6.07 Å². The summed E-state index contributed by atoms with van der Waals surface area (Å²) >= 11 is 0. The van der Waals surface area contributed by atoms with E-state index in [-0.39, 0.29) is 23.8 Å². The van der Waals surface area contributed by atoms with Gasteiger partial charge in [-0.15, -0.1) is 0 Å². The zero-order valence-electron chi connectivity index (χ0n) is 14.2. The van der Waals surface area contributed by atoms with Crippen molar-refractivity contribution in [1.29, 1.82) is 5.26 Å². The van der Waals surface area contributed by atoms with Gasteiger partial charge in [0, 0.05) is 13.0 Å². The molecule has 0 aromatic heterocycles. The molecule has 0 aromatic rings. The highest BCUT2D eigenvalue weighted by atomic mass is 16.2. The van der Waals surface area contributed by atoms with Crippen LogP contribution in [0, 0.1) is 17.2 Å². The van der Waals surface area contributed by atoms with Gasteiger partial charge in [-0.1, -0.05) is 19.3 Å². The lowest BCUT2D eigenvalue weighted by Crippen LogP contribution is -2.56. The Morgan fingerprint density at radius 2 is 1.83 bits per heavy atom. The van der Waals surface area contributed by atoms with Crippen molar-refractivity contribution in [2.24, 2.45) is 5.92 Å². The summed E-state index contributed by atoms with van der Waals surface area (Å²) in [6.07, 6.45) is 6.20. The molecule has 2 aliphatic rings. The summed E-state index contributed by atoms with van der Waals surface area (Å²) in [6.45, 7) is 3.38. The summed E-state index contributed by atoms with van der Waals surface area (Å²) in [4.78, 5) is 26.4. The molecule has 2 rings (SSSR count). The van der Waals surface area contributed by atoms with Gasteiger partial charge < -0.3 is 10.6 Å². The number of nitriles is 1. The zero-order chi connectivity index (χ0) is 16.9. The van der Waals surface area contributed by atoms with E-state index in [1.165, 1.54) is 0 Å². The lowest BCUT2D eigenvalue weighted by Gasteiger charge is -2.37. The first-order valence-electron chi connectivity index (χ1n) is 8.70. The molecule has 1 heterocycles. The average molecular weight is 320 g/mol. The predicted octanol–water partition coefficient (Wildman–Crippen LogP) is 1.18. The molecule has 6 heteroatoms. The molecule has 1 aliphatic heterocycles. The molecule has 1 unspecified atom stereocenters. The van der Waals surface area contributed by atoms with Crippen LogP contribution >= 0.6 is 0 Å². The fourth-order valence-electron chi connectivity index (χ4n) is 3.68.